The maximum Gasteiger partial charge on any atom is 0.253 e. The number of fused-ring (bicyclic) bond motifs is 2. The number of pyridine rings is 1. The van der Waals surface area contributed by atoms with E-state index in [1.807, 2.05) is 12.4 Å². The van der Waals surface area contributed by atoms with Crippen molar-refractivity contribution in [2.75, 3.05) is 42.3 Å². The van der Waals surface area contributed by atoms with E-state index in [1.165, 1.54) is 19.2 Å². The third-order valence-corrected chi connectivity index (χ3v) is 5.90. The molecule has 0 aliphatic carbocycles. The number of anilines is 4. The average Bonchev–Trinajstić information content (AvgIpc) is 2.84. The zero-order valence-corrected chi connectivity index (χ0v) is 18.4. The summed E-state index contributed by atoms with van der Waals surface area (Å²) in [6, 6.07) is 4.32. The topological polar surface area (TPSA) is 104 Å². The molecular formula is C23H24FN7O2. The molecular weight excluding hydrogens is 425 g/mol. The highest BCUT2D eigenvalue weighted by Crippen LogP contribution is 2.36. The van der Waals surface area contributed by atoms with Crippen LogP contribution in [-0.4, -0.2) is 47.6 Å². The zero-order chi connectivity index (χ0) is 22.9. The molecule has 1 amide bonds. The fourth-order valence-corrected chi connectivity index (χ4v) is 4.14. The number of ether oxygens (including phenoxy) is 1. The van der Waals surface area contributed by atoms with Crippen molar-refractivity contribution in [2.45, 2.75) is 19.9 Å². The van der Waals surface area contributed by atoms with Crippen molar-refractivity contribution in [1.82, 2.24) is 20.3 Å². The second kappa shape index (κ2) is 8.53. The van der Waals surface area contributed by atoms with E-state index < -0.39 is 11.7 Å². The SMILES string of the molecule is CNC(=O)c1ccc(Nc2ncc3c(n2)CN(c2cnc4c(c2C)NCCO4)CC3)cc1F. The van der Waals surface area contributed by atoms with Gasteiger partial charge in [0, 0.05) is 37.6 Å². The van der Waals surface area contributed by atoms with Crippen molar-refractivity contribution < 1.29 is 13.9 Å². The number of hydrogen-bond acceptors (Lipinski definition) is 8. The Morgan fingerprint density at radius 2 is 2.15 bits per heavy atom. The number of benzene rings is 1. The minimum atomic E-state index is -0.614. The van der Waals surface area contributed by atoms with Crippen LogP contribution in [-0.2, 0) is 13.0 Å². The number of aromatic nitrogens is 3. The summed E-state index contributed by atoms with van der Waals surface area (Å²) in [6.45, 7) is 4.88. The number of amides is 1. The van der Waals surface area contributed by atoms with Gasteiger partial charge in [0.15, 0.2) is 0 Å². The Morgan fingerprint density at radius 3 is 2.97 bits per heavy atom. The van der Waals surface area contributed by atoms with Crippen LogP contribution >= 0.6 is 0 Å². The molecule has 0 radical (unpaired) electrons. The summed E-state index contributed by atoms with van der Waals surface area (Å²) in [5.74, 6) is -0.0733. The van der Waals surface area contributed by atoms with Crippen molar-refractivity contribution in [2.24, 2.45) is 0 Å². The molecule has 33 heavy (non-hydrogen) atoms. The number of carbonyl (C=O) groups is 1. The molecule has 0 saturated heterocycles. The summed E-state index contributed by atoms with van der Waals surface area (Å²) in [4.78, 5) is 27.5. The van der Waals surface area contributed by atoms with Gasteiger partial charge in [-0.2, -0.15) is 0 Å². The van der Waals surface area contributed by atoms with Crippen LogP contribution in [0, 0.1) is 12.7 Å². The molecule has 2 aromatic heterocycles. The quantitative estimate of drug-likeness (QED) is 0.559. The number of hydrogen-bond donors (Lipinski definition) is 3. The normalized spacial score (nSPS) is 14.5. The zero-order valence-electron chi connectivity index (χ0n) is 18.4. The number of nitrogens with zero attached hydrogens (tertiary/aromatic N) is 4. The molecule has 170 valence electrons. The molecule has 2 aliphatic heterocycles. The lowest BCUT2D eigenvalue weighted by Gasteiger charge is -2.32. The summed E-state index contributed by atoms with van der Waals surface area (Å²) in [5, 5.41) is 8.83. The number of nitrogens with one attached hydrogen (secondary N) is 3. The fourth-order valence-electron chi connectivity index (χ4n) is 4.14. The van der Waals surface area contributed by atoms with Crippen LogP contribution in [0.4, 0.5) is 27.4 Å². The summed E-state index contributed by atoms with van der Waals surface area (Å²) in [7, 11) is 1.46. The molecule has 0 spiro atoms. The van der Waals surface area contributed by atoms with Gasteiger partial charge in [0.25, 0.3) is 5.91 Å². The molecule has 0 atom stereocenters. The summed E-state index contributed by atoms with van der Waals surface area (Å²) < 4.78 is 19.9. The lowest BCUT2D eigenvalue weighted by molar-refractivity contribution is 0.0959. The highest BCUT2D eigenvalue weighted by molar-refractivity contribution is 5.94. The van der Waals surface area contributed by atoms with Gasteiger partial charge in [-0.05, 0) is 37.1 Å². The van der Waals surface area contributed by atoms with E-state index in [9.17, 15) is 9.18 Å². The third-order valence-electron chi connectivity index (χ3n) is 5.90. The smallest absolute Gasteiger partial charge is 0.253 e. The maximum absolute atomic E-state index is 14.3. The van der Waals surface area contributed by atoms with E-state index in [2.05, 4.69) is 42.7 Å². The van der Waals surface area contributed by atoms with Crippen LogP contribution in [0.25, 0.3) is 0 Å². The van der Waals surface area contributed by atoms with Crippen molar-refractivity contribution >= 4 is 28.9 Å². The van der Waals surface area contributed by atoms with E-state index in [-0.39, 0.29) is 5.56 Å². The first kappa shape index (κ1) is 20.9. The van der Waals surface area contributed by atoms with Crippen LogP contribution in [0.15, 0.2) is 30.6 Å². The number of carbonyl (C=O) groups excluding carboxylic acids is 1. The van der Waals surface area contributed by atoms with Crippen LogP contribution in [0.1, 0.15) is 27.2 Å². The van der Waals surface area contributed by atoms with Gasteiger partial charge in [-0.3, -0.25) is 4.79 Å². The van der Waals surface area contributed by atoms with Gasteiger partial charge in [-0.1, -0.05) is 0 Å². The molecule has 0 bridgehead atoms. The second-order valence-electron chi connectivity index (χ2n) is 7.96. The molecule has 2 aliphatic rings. The third kappa shape index (κ3) is 3.99. The van der Waals surface area contributed by atoms with Gasteiger partial charge in [0.1, 0.15) is 18.1 Å². The van der Waals surface area contributed by atoms with Crippen molar-refractivity contribution in [1.29, 1.82) is 0 Å². The van der Waals surface area contributed by atoms with Crippen LogP contribution in [0.3, 0.4) is 0 Å². The van der Waals surface area contributed by atoms with E-state index in [0.717, 1.165) is 47.7 Å². The minimum Gasteiger partial charge on any atom is -0.474 e. The molecule has 0 fully saturated rings. The number of halogens is 1. The molecule has 1 aromatic carbocycles. The van der Waals surface area contributed by atoms with E-state index in [4.69, 9.17) is 4.74 Å². The van der Waals surface area contributed by atoms with Crippen molar-refractivity contribution in [3.8, 4) is 5.88 Å². The van der Waals surface area contributed by atoms with Gasteiger partial charge >= 0.3 is 0 Å². The summed E-state index contributed by atoms with van der Waals surface area (Å²) in [6.07, 6.45) is 4.47. The monoisotopic (exact) mass is 449 g/mol. The molecule has 9 nitrogen and oxygen atoms in total. The van der Waals surface area contributed by atoms with Gasteiger partial charge in [0.05, 0.1) is 29.7 Å². The maximum atomic E-state index is 14.3. The lowest BCUT2D eigenvalue weighted by atomic mass is 10.0. The Morgan fingerprint density at radius 1 is 1.27 bits per heavy atom. The van der Waals surface area contributed by atoms with Crippen molar-refractivity contribution in [3.63, 3.8) is 0 Å². The molecule has 4 heterocycles. The first-order chi connectivity index (χ1) is 16.0. The molecule has 10 heteroatoms. The van der Waals surface area contributed by atoms with Gasteiger partial charge < -0.3 is 25.6 Å². The van der Waals surface area contributed by atoms with Gasteiger partial charge in [-0.25, -0.2) is 19.3 Å². The first-order valence-electron chi connectivity index (χ1n) is 10.8. The molecule has 0 saturated carbocycles. The Labute approximate surface area is 190 Å². The van der Waals surface area contributed by atoms with E-state index >= 15 is 0 Å². The van der Waals surface area contributed by atoms with Crippen LogP contribution < -0.4 is 25.6 Å². The lowest BCUT2D eigenvalue weighted by Crippen LogP contribution is -2.32. The molecule has 0 unspecified atom stereocenters. The molecule has 3 N–H and O–H groups in total. The Balaban J connectivity index is 1.36. The first-order valence-corrected chi connectivity index (χ1v) is 10.8. The standard InChI is InChI=1S/C23H24FN7O2/c1-13-19(11-27-22-20(13)26-6-8-33-22)31-7-5-14-10-28-23(30-18(14)12-31)29-15-3-4-16(17(24)9-15)21(32)25-2/h3-4,9-11,26H,5-8,12H2,1-2H3,(H,25,32)(H,28,29,30). The second-order valence-corrected chi connectivity index (χ2v) is 7.96. The summed E-state index contributed by atoms with van der Waals surface area (Å²) in [5.41, 5.74) is 5.52. The number of rotatable bonds is 4. The van der Waals surface area contributed by atoms with Crippen LogP contribution in [0.5, 0.6) is 5.88 Å². The minimum absolute atomic E-state index is 0.0148. The van der Waals surface area contributed by atoms with E-state index in [1.54, 1.807) is 6.07 Å². The van der Waals surface area contributed by atoms with Crippen LogP contribution in [0.2, 0.25) is 0 Å². The Kier molecular flexibility index (Phi) is 5.41. The van der Waals surface area contributed by atoms with Crippen molar-refractivity contribution in [3.05, 3.63) is 58.8 Å². The fraction of sp³-hybridized carbons (Fsp3) is 0.304. The average molecular weight is 449 g/mol. The molecule has 3 aromatic rings. The van der Waals surface area contributed by atoms with Gasteiger partial charge in [-0.15, -0.1) is 0 Å². The predicted molar refractivity (Wildman–Crippen MR) is 123 cm³/mol. The highest BCUT2D eigenvalue weighted by atomic mass is 19.1. The largest absolute Gasteiger partial charge is 0.474 e. The van der Waals surface area contributed by atoms with Gasteiger partial charge in [0.2, 0.25) is 11.8 Å². The Bertz CT molecular complexity index is 1230. The van der Waals surface area contributed by atoms with E-state index in [0.29, 0.717) is 30.7 Å². The molecule has 5 rings (SSSR count). The summed E-state index contributed by atoms with van der Waals surface area (Å²) >= 11 is 0. The Hall–Kier alpha value is -3.95. The predicted octanol–water partition coefficient (Wildman–Crippen LogP) is 2.79. The highest BCUT2D eigenvalue weighted by Gasteiger charge is 2.24.